The highest BCUT2D eigenvalue weighted by atomic mass is 16.5. The zero-order chi connectivity index (χ0) is 16.8. The molecule has 2 aromatic rings. The summed E-state index contributed by atoms with van der Waals surface area (Å²) < 4.78 is 5.65. The Morgan fingerprint density at radius 1 is 1.09 bits per heavy atom. The average molecular weight is 314 g/mol. The van der Waals surface area contributed by atoms with Gasteiger partial charge in [-0.2, -0.15) is 4.98 Å². The van der Waals surface area contributed by atoms with Crippen LogP contribution in [0, 0.1) is 6.92 Å². The van der Waals surface area contributed by atoms with Crippen LogP contribution in [0.5, 0.6) is 5.75 Å². The van der Waals surface area contributed by atoms with Gasteiger partial charge in [-0.05, 0) is 58.9 Å². The van der Waals surface area contributed by atoms with Crippen LogP contribution in [0.3, 0.4) is 0 Å². The molecule has 0 fully saturated rings. The maximum absolute atomic E-state index is 5.65. The number of rotatable bonds is 7. The molecule has 0 radical (unpaired) electrons. The summed E-state index contributed by atoms with van der Waals surface area (Å²) in [6.45, 7) is 12.1. The summed E-state index contributed by atoms with van der Waals surface area (Å²) in [6, 6.07) is 9.85. The van der Waals surface area contributed by atoms with E-state index in [1.54, 1.807) is 0 Å². The number of ether oxygens (including phenoxy) is 1. The molecule has 1 aromatic carbocycles. The molecule has 1 aromatic heterocycles. The maximum atomic E-state index is 5.65. The van der Waals surface area contributed by atoms with E-state index in [1.807, 2.05) is 51.1 Å². The van der Waals surface area contributed by atoms with Crippen molar-refractivity contribution in [2.75, 3.05) is 23.3 Å². The van der Waals surface area contributed by atoms with Gasteiger partial charge in [0, 0.05) is 30.5 Å². The normalized spacial score (nSPS) is 10.7. The molecule has 5 nitrogen and oxygen atoms in total. The van der Waals surface area contributed by atoms with Gasteiger partial charge >= 0.3 is 0 Å². The van der Waals surface area contributed by atoms with Crippen LogP contribution in [0.1, 0.15) is 33.4 Å². The summed E-state index contributed by atoms with van der Waals surface area (Å²) in [5, 5.41) is 3.26. The zero-order valence-corrected chi connectivity index (χ0v) is 14.6. The maximum Gasteiger partial charge on any atom is 0.229 e. The summed E-state index contributed by atoms with van der Waals surface area (Å²) in [5.74, 6) is 2.42. The molecule has 0 spiro atoms. The van der Waals surface area contributed by atoms with E-state index in [2.05, 4.69) is 34.0 Å². The largest absolute Gasteiger partial charge is 0.491 e. The minimum absolute atomic E-state index is 0.172. The highest BCUT2D eigenvalue weighted by molar-refractivity contribution is 5.56. The lowest BCUT2D eigenvalue weighted by Gasteiger charge is -2.20. The van der Waals surface area contributed by atoms with Crippen molar-refractivity contribution in [1.29, 1.82) is 0 Å². The molecule has 5 heteroatoms. The van der Waals surface area contributed by atoms with Gasteiger partial charge in [0.15, 0.2) is 0 Å². The molecule has 0 unspecified atom stereocenters. The third-order valence-electron chi connectivity index (χ3n) is 3.41. The zero-order valence-electron chi connectivity index (χ0n) is 14.6. The molecular formula is C18H26N4O. The van der Waals surface area contributed by atoms with E-state index in [-0.39, 0.29) is 6.10 Å². The fourth-order valence-electron chi connectivity index (χ4n) is 2.34. The third kappa shape index (κ3) is 4.84. The molecule has 1 heterocycles. The number of aromatic nitrogens is 2. The quantitative estimate of drug-likeness (QED) is 0.831. The Bertz CT molecular complexity index is 621. The first-order valence-corrected chi connectivity index (χ1v) is 8.16. The molecule has 2 rings (SSSR count). The molecule has 124 valence electrons. The number of anilines is 3. The Hall–Kier alpha value is -2.30. The number of hydrogen-bond donors (Lipinski definition) is 1. The van der Waals surface area contributed by atoms with Gasteiger partial charge in [-0.25, -0.2) is 4.98 Å². The first-order valence-electron chi connectivity index (χ1n) is 8.16. The highest BCUT2D eigenvalue weighted by Gasteiger charge is 2.08. The topological polar surface area (TPSA) is 50.3 Å². The predicted octanol–water partition coefficient (Wildman–Crippen LogP) is 4.16. The second-order valence-corrected chi connectivity index (χ2v) is 5.68. The Morgan fingerprint density at radius 2 is 1.74 bits per heavy atom. The molecule has 23 heavy (non-hydrogen) atoms. The van der Waals surface area contributed by atoms with Gasteiger partial charge in [-0.15, -0.1) is 0 Å². The lowest BCUT2D eigenvalue weighted by molar-refractivity contribution is 0.242. The Kier molecular flexibility index (Phi) is 5.79. The van der Waals surface area contributed by atoms with Crippen molar-refractivity contribution in [3.8, 4) is 5.75 Å². The van der Waals surface area contributed by atoms with Gasteiger partial charge in [0.1, 0.15) is 11.6 Å². The van der Waals surface area contributed by atoms with Crippen LogP contribution in [0.2, 0.25) is 0 Å². The van der Waals surface area contributed by atoms with Gasteiger partial charge in [-0.3, -0.25) is 0 Å². The first-order chi connectivity index (χ1) is 11.0. The summed E-state index contributed by atoms with van der Waals surface area (Å²) in [6.07, 6.45) is 0.172. The summed E-state index contributed by atoms with van der Waals surface area (Å²) in [4.78, 5) is 11.3. The van der Waals surface area contributed by atoms with Crippen molar-refractivity contribution in [2.45, 2.75) is 40.7 Å². The molecule has 0 saturated heterocycles. The molecule has 0 aliphatic rings. The standard InChI is InChI=1S/C18H26N4O/c1-6-22(7-2)17-12-14(5)19-18(21-17)20-15-8-10-16(11-9-15)23-13(3)4/h8-13H,6-7H2,1-5H3,(H,19,20,21). The second kappa shape index (κ2) is 7.81. The van der Waals surface area contributed by atoms with Crippen LogP contribution >= 0.6 is 0 Å². The second-order valence-electron chi connectivity index (χ2n) is 5.68. The highest BCUT2D eigenvalue weighted by Crippen LogP contribution is 2.21. The number of nitrogens with zero attached hydrogens (tertiary/aromatic N) is 3. The average Bonchev–Trinajstić information content (AvgIpc) is 2.49. The van der Waals surface area contributed by atoms with Crippen LogP contribution in [0.4, 0.5) is 17.5 Å². The number of benzene rings is 1. The van der Waals surface area contributed by atoms with E-state index in [4.69, 9.17) is 4.74 Å². The molecule has 0 aliphatic heterocycles. The fourth-order valence-corrected chi connectivity index (χ4v) is 2.34. The molecule has 0 amide bonds. The predicted molar refractivity (Wildman–Crippen MR) is 95.8 cm³/mol. The van der Waals surface area contributed by atoms with Gasteiger partial charge in [0.2, 0.25) is 5.95 Å². The monoisotopic (exact) mass is 314 g/mol. The first kappa shape index (κ1) is 17.1. The van der Waals surface area contributed by atoms with E-state index in [0.29, 0.717) is 5.95 Å². The Labute approximate surface area is 138 Å². The molecule has 1 N–H and O–H groups in total. The van der Waals surface area contributed by atoms with E-state index >= 15 is 0 Å². The molecule has 0 aliphatic carbocycles. The summed E-state index contributed by atoms with van der Waals surface area (Å²) in [7, 11) is 0. The molecule has 0 atom stereocenters. The van der Waals surface area contributed by atoms with Gasteiger partial charge < -0.3 is 15.0 Å². The third-order valence-corrected chi connectivity index (χ3v) is 3.41. The van der Waals surface area contributed by atoms with Crippen molar-refractivity contribution in [2.24, 2.45) is 0 Å². The summed E-state index contributed by atoms with van der Waals surface area (Å²) >= 11 is 0. The van der Waals surface area contributed by atoms with E-state index in [0.717, 1.165) is 36.0 Å². The lowest BCUT2D eigenvalue weighted by Crippen LogP contribution is -2.23. The Balaban J connectivity index is 2.16. The van der Waals surface area contributed by atoms with Crippen LogP contribution in [-0.2, 0) is 0 Å². The molecular weight excluding hydrogens is 288 g/mol. The van der Waals surface area contributed by atoms with E-state index in [1.165, 1.54) is 0 Å². The van der Waals surface area contributed by atoms with Gasteiger partial charge in [0.05, 0.1) is 6.10 Å². The Morgan fingerprint density at radius 3 is 2.30 bits per heavy atom. The van der Waals surface area contributed by atoms with E-state index in [9.17, 15) is 0 Å². The number of aryl methyl sites for hydroxylation is 1. The van der Waals surface area contributed by atoms with Crippen molar-refractivity contribution in [3.63, 3.8) is 0 Å². The minimum atomic E-state index is 0.172. The number of hydrogen-bond acceptors (Lipinski definition) is 5. The minimum Gasteiger partial charge on any atom is -0.491 e. The van der Waals surface area contributed by atoms with Gasteiger partial charge in [0.25, 0.3) is 0 Å². The van der Waals surface area contributed by atoms with Crippen molar-refractivity contribution in [1.82, 2.24) is 9.97 Å². The molecule has 0 saturated carbocycles. The SMILES string of the molecule is CCN(CC)c1cc(C)nc(Nc2ccc(OC(C)C)cc2)n1. The van der Waals surface area contributed by atoms with Crippen molar-refractivity contribution >= 4 is 17.5 Å². The van der Waals surface area contributed by atoms with Gasteiger partial charge in [-0.1, -0.05) is 0 Å². The fraction of sp³-hybridized carbons (Fsp3) is 0.444. The van der Waals surface area contributed by atoms with Crippen molar-refractivity contribution in [3.05, 3.63) is 36.0 Å². The van der Waals surface area contributed by atoms with Crippen LogP contribution in [0.15, 0.2) is 30.3 Å². The van der Waals surface area contributed by atoms with Crippen LogP contribution < -0.4 is 15.0 Å². The summed E-state index contributed by atoms with van der Waals surface area (Å²) in [5.41, 5.74) is 1.89. The van der Waals surface area contributed by atoms with E-state index < -0.39 is 0 Å². The van der Waals surface area contributed by atoms with Crippen LogP contribution in [-0.4, -0.2) is 29.2 Å². The molecule has 0 bridgehead atoms. The van der Waals surface area contributed by atoms with Crippen molar-refractivity contribution < 1.29 is 4.74 Å². The number of nitrogens with one attached hydrogen (secondary N) is 1. The smallest absolute Gasteiger partial charge is 0.229 e. The lowest BCUT2D eigenvalue weighted by atomic mass is 10.3. The van der Waals surface area contributed by atoms with Crippen LogP contribution in [0.25, 0.3) is 0 Å².